The summed E-state index contributed by atoms with van der Waals surface area (Å²) in [6, 6.07) is 34.8. The second-order valence-electron chi connectivity index (χ2n) is 40.3. The van der Waals surface area contributed by atoms with Gasteiger partial charge in [0, 0.05) is 232 Å². The minimum absolute atomic E-state index is 0.110. The first kappa shape index (κ1) is 124. The van der Waals surface area contributed by atoms with Crippen molar-refractivity contribution in [1.82, 2.24) is 57.3 Å². The highest BCUT2D eigenvalue weighted by atomic mass is 35.5. The summed E-state index contributed by atoms with van der Waals surface area (Å²) in [7, 11) is -20.1. The van der Waals surface area contributed by atoms with Crippen LogP contribution in [-0.4, -0.2) is 358 Å². The number of carbonyl (C=O) groups excluding carboxylic acids is 6. The van der Waals surface area contributed by atoms with Gasteiger partial charge in [-0.3, -0.25) is 4.79 Å². The zero-order valence-corrected chi connectivity index (χ0v) is 95.6. The number of hydrogen-bond donors (Lipinski definition) is 10. The predicted molar refractivity (Wildman–Crippen MR) is 592 cm³/mol. The molecule has 0 aromatic heterocycles. The number of nitrogens with zero attached hydrogens (tertiary/aromatic N) is 10. The normalized spacial score (nSPS) is 19.6. The van der Waals surface area contributed by atoms with Crippen LogP contribution in [0, 0.1) is 0 Å². The Morgan fingerprint density at radius 1 is 0.347 bits per heavy atom. The third-order valence-electron chi connectivity index (χ3n) is 26.9. The monoisotopic (exact) mass is 2240 g/mol. The van der Waals surface area contributed by atoms with Crippen LogP contribution in [0.3, 0.4) is 0 Å². The van der Waals surface area contributed by atoms with Gasteiger partial charge in [-0.1, -0.05) is 17.7 Å². The summed E-state index contributed by atoms with van der Waals surface area (Å²) in [5, 5.41) is 12.6. The fourth-order valence-corrected chi connectivity index (χ4v) is 24.2. The highest BCUT2D eigenvalue weighted by molar-refractivity contribution is 7.91. The van der Waals surface area contributed by atoms with Gasteiger partial charge in [0.2, 0.25) is 66.0 Å². The van der Waals surface area contributed by atoms with E-state index in [0.29, 0.717) is 186 Å². The van der Waals surface area contributed by atoms with Crippen LogP contribution in [0.2, 0.25) is 5.02 Å². The highest BCUT2D eigenvalue weighted by Crippen LogP contribution is 2.30. The molecule has 42 nitrogen and oxygen atoms in total. The molecule has 11 amide bonds. The lowest BCUT2D eigenvalue weighted by molar-refractivity contribution is -0.129. The first-order valence-corrected chi connectivity index (χ1v) is 61.7. The van der Waals surface area contributed by atoms with Crippen LogP contribution in [0.4, 0.5) is 69.5 Å². The van der Waals surface area contributed by atoms with Crippen LogP contribution in [0.1, 0.15) is 182 Å². The van der Waals surface area contributed by atoms with Crippen molar-refractivity contribution in [3.05, 3.63) is 126 Å². The number of urea groups is 5. The number of anilines is 8. The average molecular weight is 2240 g/mol. The maximum atomic E-state index is 13.0. The molecule has 13 rings (SSSR count). The Hall–Kier alpha value is -9.09. The molecule has 0 radical (unpaired) electrons. The summed E-state index contributed by atoms with van der Waals surface area (Å²) in [5.41, 5.74) is 6.56. The summed E-state index contributed by atoms with van der Waals surface area (Å²) in [4.78, 5) is 91.4. The fourth-order valence-electron chi connectivity index (χ4n) is 17.6. The molecule has 0 spiro atoms. The van der Waals surface area contributed by atoms with Crippen molar-refractivity contribution >= 4 is 153 Å². The second-order valence-corrected chi connectivity index (χ2v) is 54.0. The number of hydrogen-bond acceptors (Lipinski definition) is 25. The summed E-state index contributed by atoms with van der Waals surface area (Å²) < 4.78 is 183. The zero-order valence-electron chi connectivity index (χ0n) is 90.0. The largest absolute Gasteiger partial charge is 0.380 e. The Morgan fingerprint density at radius 3 is 0.887 bits per heavy atom. The van der Waals surface area contributed by atoms with Gasteiger partial charge in [-0.25, -0.2) is 98.1 Å². The molecule has 5 aromatic rings. The van der Waals surface area contributed by atoms with E-state index in [4.69, 9.17) is 30.5 Å². The third-order valence-corrected chi connectivity index (χ3v) is 38.5. The summed E-state index contributed by atoms with van der Waals surface area (Å²) in [5.74, 6) is 0.110. The molecule has 10 N–H and O–H groups in total. The van der Waals surface area contributed by atoms with E-state index in [0.717, 1.165) is 86.5 Å². The molecule has 4 atom stereocenters. The number of morpholine rings is 2. The number of piperidine rings is 5. The van der Waals surface area contributed by atoms with Gasteiger partial charge in [0.05, 0.1) is 68.8 Å². The highest BCUT2D eigenvalue weighted by Gasteiger charge is 2.37. The molecular weight excluding hydrogens is 2070 g/mol. The van der Waals surface area contributed by atoms with E-state index in [1.807, 2.05) is 105 Å². The molecule has 0 bridgehead atoms. The smallest absolute Gasteiger partial charge is 0.321 e. The van der Waals surface area contributed by atoms with Crippen molar-refractivity contribution in [2.75, 3.05) is 199 Å². The number of carbonyl (C=O) groups is 6. The van der Waals surface area contributed by atoms with Crippen LogP contribution in [0.25, 0.3) is 0 Å². The lowest BCUT2D eigenvalue weighted by Crippen LogP contribution is -2.48. The van der Waals surface area contributed by atoms with E-state index >= 15 is 0 Å². The third kappa shape index (κ3) is 39.7. The molecule has 8 fully saturated rings. The number of ether oxygens (including phenoxy) is 4. The summed E-state index contributed by atoms with van der Waals surface area (Å²) in [6.07, 6.45) is 5.97. The molecule has 0 aliphatic carbocycles. The van der Waals surface area contributed by atoms with E-state index < -0.39 is 86.4 Å². The first-order chi connectivity index (χ1) is 70.7. The van der Waals surface area contributed by atoms with Gasteiger partial charge in [0.25, 0.3) is 0 Å². The van der Waals surface area contributed by atoms with Gasteiger partial charge in [0.15, 0.2) is 0 Å². The van der Waals surface area contributed by atoms with Crippen molar-refractivity contribution in [2.45, 2.75) is 268 Å². The Labute approximate surface area is 895 Å². The minimum Gasteiger partial charge on any atom is -0.380 e. The van der Waals surface area contributed by atoms with Crippen LogP contribution >= 0.6 is 11.6 Å². The number of benzene rings is 5. The number of likely N-dealkylation sites (tertiary alicyclic amines) is 5. The predicted octanol–water partition coefficient (Wildman–Crippen LogP) is 11.7. The van der Waals surface area contributed by atoms with Gasteiger partial charge in [-0.05, 0) is 290 Å². The SMILES string of the molecule is CC(=O)N1CCN(c2ccc(NC(=O)N3CCC(NS(=O)(=O)C(C)C)CC3)cc2)CC1.CC(C)S(=O)(=O)NC1CCN(C(=O)Nc2ccc(N3C[C@@H](C)O[C@H](C)C3)cc2)CC1.CC(C)S(=O)(=O)NC1CCN(C(=O)Nc2ccc(S(=O)(=O)N3C[C@@H](C)O[C@@H](C)C3)cc2)CC1.CC(C)S(=O)(=O)NC1CCN(C(=O)Nc2cccc(Cl)c2)CC1.CCOCCN(CCOCC)c1ccc(NC(=O)N2CCC(NS(=O)(=O)C(C)C)CC2)cc1. The quantitative estimate of drug-likeness (QED) is 0.0174. The molecule has 8 heterocycles. The van der Waals surface area contributed by atoms with Gasteiger partial charge < -0.3 is 89.6 Å². The van der Waals surface area contributed by atoms with E-state index in [9.17, 15) is 79.3 Å². The lowest BCUT2D eigenvalue weighted by atomic mass is 10.1. The van der Waals surface area contributed by atoms with Crippen molar-refractivity contribution in [3.63, 3.8) is 0 Å². The number of piperazine rings is 1. The van der Waals surface area contributed by atoms with Gasteiger partial charge in [-0.15, -0.1) is 0 Å². The van der Waals surface area contributed by atoms with Gasteiger partial charge in [0.1, 0.15) is 0 Å². The molecular formula is C101H163ClN20O22S6. The van der Waals surface area contributed by atoms with Crippen molar-refractivity contribution in [3.8, 4) is 0 Å². The Bertz CT molecular complexity index is 5800. The summed E-state index contributed by atoms with van der Waals surface area (Å²) in [6.45, 7) is 44.4. The van der Waals surface area contributed by atoms with Crippen LogP contribution in [0.5, 0.6) is 0 Å². The van der Waals surface area contributed by atoms with Gasteiger partial charge in [-0.2, -0.15) is 4.31 Å². The average Bonchev–Trinajstić information content (AvgIpc) is 0.791. The first-order valence-electron chi connectivity index (χ1n) is 52.2. The number of nitrogens with one attached hydrogen (secondary N) is 10. The van der Waals surface area contributed by atoms with Gasteiger partial charge >= 0.3 is 30.2 Å². The lowest BCUT2D eigenvalue weighted by Gasteiger charge is -2.37. The van der Waals surface area contributed by atoms with Crippen molar-refractivity contribution in [2.24, 2.45) is 0 Å². The number of amides is 11. The van der Waals surface area contributed by atoms with Crippen LogP contribution in [-0.2, 0) is 83.9 Å². The fraction of sp³-hybridized carbons (Fsp3) is 0.644. The number of rotatable bonds is 33. The van der Waals surface area contributed by atoms with E-state index in [1.54, 1.807) is 137 Å². The van der Waals surface area contributed by atoms with E-state index in [-0.39, 0.29) is 95.6 Å². The van der Waals surface area contributed by atoms with Crippen LogP contribution in [0.15, 0.2) is 126 Å². The topological polar surface area (TPSA) is 497 Å². The number of halogens is 1. The Morgan fingerprint density at radius 2 is 0.613 bits per heavy atom. The molecule has 5 aromatic carbocycles. The standard InChI is InChI=1S/C23H40N4O5S.C21H33N5O4S.C21H34N4O6S2.C21H34N4O4S.C15H22ClN3O3S/c1-5-31-17-15-26(16-18-32-6-2)22-9-7-20(8-10-22)24-23(28)27-13-11-21(12-14-27)25-33(29,30)19(3)4;1-16(2)31(29,30)23-19-8-10-26(11-9-19)21(28)22-18-4-6-20(7-5-18)25-14-12-24(13-15-25)17(3)27;1-15(2)32(27,28)23-19-9-11-24(12-10-19)21(26)22-18-5-7-20(8-6-18)33(29,30)25-13-16(3)31-17(4)14-25;1-15(2)30(27,28)23-19-9-11-24(12-10-19)21(26)22-18-5-7-20(8-6-18)25-13-16(3)29-17(4)14-25;1-11(2)23(21,22)18-13-6-8-19(9-7-13)15(20)17-14-5-3-4-12(16)10-14/h7-10,19,21,25H,5-6,11-18H2,1-4H3,(H,24,28);4-7,16,19,23H,8-15H2,1-3H3,(H,22,28);5-8,15-17,19,23H,9-14H2,1-4H3,(H,22,26);5-8,15-17,19,23H,9-14H2,1-4H3,(H,22,26);3-5,10-11,13,18H,6-9H2,1-2H3,(H,17,20)/t;;16-,17+;16-,17-;/m...1./s1. The van der Waals surface area contributed by atoms with Crippen molar-refractivity contribution < 1.29 is 98.2 Å². The van der Waals surface area contributed by atoms with Crippen LogP contribution < -0.4 is 64.9 Å². The van der Waals surface area contributed by atoms with E-state index in [1.165, 1.54) is 16.4 Å². The second kappa shape index (κ2) is 58.5. The number of sulfonamides is 6. The molecule has 8 saturated heterocycles. The zero-order chi connectivity index (χ0) is 110. The Kier molecular flexibility index (Phi) is 48.5. The molecule has 150 heavy (non-hydrogen) atoms. The molecule has 49 heteroatoms. The molecule has 8 aliphatic rings. The maximum absolute atomic E-state index is 13.0. The molecule has 0 unspecified atom stereocenters. The molecule has 842 valence electrons. The minimum atomic E-state index is -3.65. The summed E-state index contributed by atoms with van der Waals surface area (Å²) >= 11 is 5.89. The molecule has 8 aliphatic heterocycles. The Balaban J connectivity index is 0.000000209. The van der Waals surface area contributed by atoms with E-state index in [2.05, 4.69) is 78.7 Å². The molecule has 0 saturated carbocycles. The maximum Gasteiger partial charge on any atom is 0.321 e. The van der Waals surface area contributed by atoms with Crippen molar-refractivity contribution in [1.29, 1.82) is 0 Å².